The van der Waals surface area contributed by atoms with Crippen LogP contribution in [0.4, 0.5) is 0 Å². The van der Waals surface area contributed by atoms with Gasteiger partial charge in [0, 0.05) is 19.0 Å². The highest BCUT2D eigenvalue weighted by Gasteiger charge is 2.18. The lowest BCUT2D eigenvalue weighted by molar-refractivity contribution is -0.135. The van der Waals surface area contributed by atoms with Crippen LogP contribution in [0.5, 0.6) is 0 Å². The summed E-state index contributed by atoms with van der Waals surface area (Å²) in [5.41, 5.74) is 7.92. The molecule has 18 heavy (non-hydrogen) atoms. The molecule has 1 rings (SSSR count). The molecule has 0 spiro atoms. The Bertz CT molecular complexity index is 390. The Morgan fingerprint density at radius 3 is 2.72 bits per heavy atom. The third kappa shape index (κ3) is 4.15. The lowest BCUT2D eigenvalue weighted by Gasteiger charge is -2.24. The van der Waals surface area contributed by atoms with Gasteiger partial charge < -0.3 is 10.6 Å². The van der Waals surface area contributed by atoms with E-state index < -0.39 is 0 Å². The Morgan fingerprint density at radius 2 is 2.17 bits per heavy atom. The van der Waals surface area contributed by atoms with Gasteiger partial charge in [0.1, 0.15) is 0 Å². The van der Waals surface area contributed by atoms with Crippen molar-refractivity contribution in [1.29, 1.82) is 0 Å². The van der Waals surface area contributed by atoms with E-state index in [9.17, 15) is 4.79 Å². The lowest BCUT2D eigenvalue weighted by atomic mass is 10.1. The summed E-state index contributed by atoms with van der Waals surface area (Å²) < 4.78 is 0. The van der Waals surface area contributed by atoms with Crippen LogP contribution in [0.2, 0.25) is 0 Å². The molecule has 0 aliphatic rings. The highest BCUT2D eigenvalue weighted by Crippen LogP contribution is 2.12. The maximum atomic E-state index is 12.2. The van der Waals surface area contributed by atoms with Crippen molar-refractivity contribution in [2.75, 3.05) is 13.1 Å². The molecule has 0 radical (unpaired) electrons. The number of nitrogens with two attached hydrogens (primary N) is 1. The molecule has 0 saturated heterocycles. The molecule has 1 atom stereocenters. The van der Waals surface area contributed by atoms with Gasteiger partial charge in [-0.3, -0.25) is 4.79 Å². The zero-order chi connectivity index (χ0) is 13.5. The molecule has 1 aromatic carbocycles. The molecule has 0 fully saturated rings. The number of carbonyl (C=O) groups excluding carboxylic acids is 1. The quantitative estimate of drug-likeness (QED) is 0.840. The fourth-order valence-electron chi connectivity index (χ4n) is 2.06. The van der Waals surface area contributed by atoms with Crippen LogP contribution < -0.4 is 5.73 Å². The Labute approximate surface area is 110 Å². The van der Waals surface area contributed by atoms with Gasteiger partial charge in [-0.25, -0.2) is 0 Å². The molecule has 0 saturated carbocycles. The van der Waals surface area contributed by atoms with E-state index in [2.05, 4.69) is 25.1 Å². The van der Waals surface area contributed by atoms with Crippen LogP contribution in [0.25, 0.3) is 0 Å². The minimum absolute atomic E-state index is 0.0137. The smallest absolute Gasteiger partial charge is 0.225 e. The van der Waals surface area contributed by atoms with Crippen molar-refractivity contribution in [3.05, 3.63) is 35.4 Å². The maximum absolute atomic E-state index is 12.2. The molecule has 0 heterocycles. The topological polar surface area (TPSA) is 46.3 Å². The summed E-state index contributed by atoms with van der Waals surface area (Å²) >= 11 is 0. The van der Waals surface area contributed by atoms with Gasteiger partial charge in [0.05, 0.1) is 0 Å². The molecule has 0 aliphatic carbocycles. The number of hydrogen-bond acceptors (Lipinski definition) is 2. The molecule has 3 nitrogen and oxygen atoms in total. The Morgan fingerprint density at radius 1 is 1.44 bits per heavy atom. The highest BCUT2D eigenvalue weighted by atomic mass is 16.2. The van der Waals surface area contributed by atoms with Crippen molar-refractivity contribution < 1.29 is 4.79 Å². The Hall–Kier alpha value is -1.35. The van der Waals surface area contributed by atoms with Gasteiger partial charge >= 0.3 is 0 Å². The number of aryl methyl sites for hydroxylation is 1. The Kier molecular flexibility index (Phi) is 5.86. The zero-order valence-corrected chi connectivity index (χ0v) is 11.6. The molecule has 1 amide bonds. The van der Waals surface area contributed by atoms with E-state index in [4.69, 9.17) is 5.73 Å². The fraction of sp³-hybridized carbons (Fsp3) is 0.533. The Balaban J connectivity index is 2.69. The van der Waals surface area contributed by atoms with E-state index in [1.165, 1.54) is 11.1 Å². The minimum Gasteiger partial charge on any atom is -0.338 e. The van der Waals surface area contributed by atoms with Crippen molar-refractivity contribution in [2.45, 2.75) is 33.7 Å². The second-order valence-corrected chi connectivity index (χ2v) is 4.82. The monoisotopic (exact) mass is 248 g/mol. The first-order valence-corrected chi connectivity index (χ1v) is 6.62. The molecule has 2 N–H and O–H groups in total. The molecule has 3 heteroatoms. The standard InChI is InChI=1S/C15H24N2O/c1-4-17(15(18)13(3)8-9-16)11-14-7-5-6-12(2)10-14/h5-7,10,13H,4,8-9,11,16H2,1-3H3. The van der Waals surface area contributed by atoms with E-state index in [1.807, 2.05) is 24.8 Å². The second-order valence-electron chi connectivity index (χ2n) is 4.82. The maximum Gasteiger partial charge on any atom is 0.225 e. The van der Waals surface area contributed by atoms with E-state index in [-0.39, 0.29) is 11.8 Å². The molecule has 0 aromatic heterocycles. The average molecular weight is 248 g/mol. The molecule has 100 valence electrons. The first-order valence-electron chi connectivity index (χ1n) is 6.62. The number of benzene rings is 1. The first-order chi connectivity index (χ1) is 8.58. The number of rotatable bonds is 6. The largest absolute Gasteiger partial charge is 0.338 e. The van der Waals surface area contributed by atoms with Crippen molar-refractivity contribution in [1.82, 2.24) is 4.90 Å². The van der Waals surface area contributed by atoms with Crippen LogP contribution in [0, 0.1) is 12.8 Å². The number of nitrogens with zero attached hydrogens (tertiary/aromatic N) is 1. The van der Waals surface area contributed by atoms with Gasteiger partial charge in [0.25, 0.3) is 0 Å². The zero-order valence-electron chi connectivity index (χ0n) is 11.6. The van der Waals surface area contributed by atoms with Crippen molar-refractivity contribution >= 4 is 5.91 Å². The molecular formula is C15H24N2O. The molecule has 0 aliphatic heterocycles. The van der Waals surface area contributed by atoms with E-state index in [0.29, 0.717) is 13.1 Å². The van der Waals surface area contributed by atoms with Gasteiger partial charge in [0.15, 0.2) is 0 Å². The third-order valence-corrected chi connectivity index (χ3v) is 3.17. The summed E-state index contributed by atoms with van der Waals surface area (Å²) in [4.78, 5) is 14.1. The lowest BCUT2D eigenvalue weighted by Crippen LogP contribution is -2.35. The summed E-state index contributed by atoms with van der Waals surface area (Å²) in [6, 6.07) is 8.30. The SMILES string of the molecule is CCN(Cc1cccc(C)c1)C(=O)C(C)CCN. The number of amides is 1. The van der Waals surface area contributed by atoms with E-state index in [1.54, 1.807) is 0 Å². The van der Waals surface area contributed by atoms with E-state index in [0.717, 1.165) is 13.0 Å². The molecule has 1 aromatic rings. The van der Waals surface area contributed by atoms with Crippen LogP contribution in [-0.4, -0.2) is 23.9 Å². The number of carbonyl (C=O) groups is 1. The van der Waals surface area contributed by atoms with Gasteiger partial charge in [-0.1, -0.05) is 36.8 Å². The third-order valence-electron chi connectivity index (χ3n) is 3.17. The summed E-state index contributed by atoms with van der Waals surface area (Å²) in [5, 5.41) is 0. The molecular weight excluding hydrogens is 224 g/mol. The normalized spacial score (nSPS) is 12.2. The highest BCUT2D eigenvalue weighted by molar-refractivity contribution is 5.78. The van der Waals surface area contributed by atoms with Crippen molar-refractivity contribution in [2.24, 2.45) is 11.7 Å². The van der Waals surface area contributed by atoms with Crippen LogP contribution in [-0.2, 0) is 11.3 Å². The van der Waals surface area contributed by atoms with Crippen LogP contribution in [0.15, 0.2) is 24.3 Å². The van der Waals surface area contributed by atoms with E-state index >= 15 is 0 Å². The average Bonchev–Trinajstić information content (AvgIpc) is 2.35. The van der Waals surface area contributed by atoms with Gasteiger partial charge in [-0.15, -0.1) is 0 Å². The van der Waals surface area contributed by atoms with Crippen LogP contribution in [0.1, 0.15) is 31.4 Å². The number of hydrogen-bond donors (Lipinski definition) is 1. The summed E-state index contributed by atoms with van der Waals surface area (Å²) in [6.07, 6.45) is 0.753. The van der Waals surface area contributed by atoms with Gasteiger partial charge in [-0.2, -0.15) is 0 Å². The van der Waals surface area contributed by atoms with Crippen molar-refractivity contribution in [3.8, 4) is 0 Å². The molecule has 1 unspecified atom stereocenters. The predicted octanol–water partition coefficient (Wildman–Crippen LogP) is 2.33. The summed E-state index contributed by atoms with van der Waals surface area (Å²) in [6.45, 7) is 8.03. The fourth-order valence-corrected chi connectivity index (χ4v) is 2.06. The summed E-state index contributed by atoms with van der Waals surface area (Å²) in [7, 11) is 0. The van der Waals surface area contributed by atoms with Crippen molar-refractivity contribution in [3.63, 3.8) is 0 Å². The molecule has 0 bridgehead atoms. The van der Waals surface area contributed by atoms with Crippen LogP contribution in [0.3, 0.4) is 0 Å². The predicted molar refractivity (Wildman–Crippen MR) is 75.1 cm³/mol. The minimum atomic E-state index is 0.0137. The van der Waals surface area contributed by atoms with Gasteiger partial charge in [-0.05, 0) is 32.4 Å². The van der Waals surface area contributed by atoms with Crippen LogP contribution >= 0.6 is 0 Å². The second kappa shape index (κ2) is 7.17. The van der Waals surface area contributed by atoms with Gasteiger partial charge in [0.2, 0.25) is 5.91 Å². The first kappa shape index (κ1) is 14.7. The summed E-state index contributed by atoms with van der Waals surface area (Å²) in [5.74, 6) is 0.212.